The van der Waals surface area contributed by atoms with E-state index >= 15 is 0 Å². The molecule has 0 saturated heterocycles. The van der Waals surface area contributed by atoms with Gasteiger partial charge in [-0.05, 0) is 83.5 Å². The van der Waals surface area contributed by atoms with Gasteiger partial charge in [-0.3, -0.25) is 4.79 Å². The summed E-state index contributed by atoms with van der Waals surface area (Å²) in [6.07, 6.45) is 2.90. The van der Waals surface area contributed by atoms with Gasteiger partial charge in [-0.25, -0.2) is 4.39 Å². The van der Waals surface area contributed by atoms with Gasteiger partial charge in [0.15, 0.2) is 0 Å². The smallest absolute Gasteiger partial charge is 0.481 e. The van der Waals surface area contributed by atoms with E-state index in [1.165, 1.54) is 29.0 Å². The van der Waals surface area contributed by atoms with Crippen molar-refractivity contribution in [2.24, 2.45) is 0 Å². The summed E-state index contributed by atoms with van der Waals surface area (Å²) in [6, 6.07) is 6.65. The van der Waals surface area contributed by atoms with E-state index in [9.17, 15) is 18.9 Å². The van der Waals surface area contributed by atoms with Crippen LogP contribution in [0.5, 0.6) is 0 Å². The fourth-order valence-electron chi connectivity index (χ4n) is 4.60. The van der Waals surface area contributed by atoms with E-state index in [0.717, 1.165) is 43.5 Å². The number of rotatable bonds is 11. The van der Waals surface area contributed by atoms with E-state index in [-0.39, 0.29) is 18.6 Å². The average molecular weight is 464 g/mol. The maximum Gasteiger partial charge on any atom is 0.510 e. The molecule has 2 N–H and O–H groups in total. The van der Waals surface area contributed by atoms with Gasteiger partial charge in [0.05, 0.1) is 12.1 Å². The molecule has 2 aromatic rings. The summed E-state index contributed by atoms with van der Waals surface area (Å²) in [5, 5.41) is 18.3. The minimum absolute atomic E-state index is 0.180. The van der Waals surface area contributed by atoms with Crippen molar-refractivity contribution >= 4 is 14.0 Å². The molecular formula is C24H32FNO5P+. The van der Waals surface area contributed by atoms with Gasteiger partial charge in [0.1, 0.15) is 18.5 Å². The number of carboxylic acid groups (broad SMARTS) is 1. The summed E-state index contributed by atoms with van der Waals surface area (Å²) < 4.78 is 33.4. The Kier molecular flexibility index (Phi) is 8.57. The predicted octanol–water partition coefficient (Wildman–Crippen LogP) is 5.28. The quantitative estimate of drug-likeness (QED) is 0.349. The molecule has 2 unspecified atom stereocenters. The zero-order valence-corrected chi connectivity index (χ0v) is 19.6. The van der Waals surface area contributed by atoms with Crippen LogP contribution >= 0.6 is 8.03 Å². The highest BCUT2D eigenvalue weighted by atomic mass is 31.1. The fraction of sp³-hybridized carbons (Fsp3) is 0.542. The van der Waals surface area contributed by atoms with E-state index in [2.05, 4.69) is 18.4 Å². The van der Waals surface area contributed by atoms with Crippen LogP contribution in [-0.4, -0.2) is 39.6 Å². The Morgan fingerprint density at radius 2 is 1.97 bits per heavy atom. The molecule has 8 heteroatoms. The van der Waals surface area contributed by atoms with E-state index in [4.69, 9.17) is 9.63 Å². The maximum absolute atomic E-state index is 13.6. The number of aromatic nitrogens is 1. The van der Waals surface area contributed by atoms with Crippen LogP contribution in [0.15, 0.2) is 24.3 Å². The third-order valence-corrected chi connectivity index (χ3v) is 7.02. The first kappa shape index (κ1) is 24.6. The molecule has 32 heavy (non-hydrogen) atoms. The molecule has 1 aromatic heterocycles. The number of nitrogens with zero attached hydrogens (tertiary/aromatic N) is 1. The number of carboxylic acids is 1. The average Bonchev–Trinajstić information content (AvgIpc) is 3.05. The summed E-state index contributed by atoms with van der Waals surface area (Å²) in [6.45, 7) is 5.60. The first-order valence-corrected chi connectivity index (χ1v) is 12.6. The Morgan fingerprint density at radius 3 is 2.62 bits per heavy atom. The van der Waals surface area contributed by atoms with Gasteiger partial charge >= 0.3 is 14.0 Å². The van der Waals surface area contributed by atoms with Gasteiger partial charge < -0.3 is 14.8 Å². The molecule has 6 nitrogen and oxygen atoms in total. The number of aliphatic hydroxyl groups excluding tert-OH is 1. The highest BCUT2D eigenvalue weighted by molar-refractivity contribution is 7.39. The molecule has 0 radical (unpaired) electrons. The number of fused-ring (bicyclic) bond motifs is 1. The first-order chi connectivity index (χ1) is 15.3. The van der Waals surface area contributed by atoms with Crippen molar-refractivity contribution in [1.29, 1.82) is 0 Å². The van der Waals surface area contributed by atoms with Crippen molar-refractivity contribution in [2.75, 3.05) is 12.8 Å². The van der Waals surface area contributed by atoms with Crippen molar-refractivity contribution in [3.8, 4) is 11.3 Å². The van der Waals surface area contributed by atoms with Crippen LogP contribution in [0.2, 0.25) is 0 Å². The number of aliphatic carboxylic acids is 1. The van der Waals surface area contributed by atoms with Crippen molar-refractivity contribution < 1.29 is 28.5 Å². The summed E-state index contributed by atoms with van der Waals surface area (Å²) in [5.74, 6) is -1.04. The second-order valence-electron chi connectivity index (χ2n) is 8.66. The molecule has 2 atom stereocenters. The molecule has 0 spiro atoms. The molecule has 1 aromatic carbocycles. The summed E-state index contributed by atoms with van der Waals surface area (Å²) in [5.41, 5.74) is 6.10. The topological polar surface area (TPSA) is 88.8 Å². The van der Waals surface area contributed by atoms with Gasteiger partial charge in [0.2, 0.25) is 6.16 Å². The SMILES string of the molecule is CC(C)c1c(CCCO[P+](=O)CC(O)CC(=O)O)c(-c2ccc(F)cc2)n2c1CCCC2. The molecule has 0 bridgehead atoms. The Balaban J connectivity index is 1.76. The van der Waals surface area contributed by atoms with Crippen LogP contribution in [0, 0.1) is 5.82 Å². The number of benzene rings is 1. The number of carbonyl (C=O) groups is 1. The van der Waals surface area contributed by atoms with Gasteiger partial charge in [0.25, 0.3) is 0 Å². The van der Waals surface area contributed by atoms with E-state index < -0.39 is 26.5 Å². The standard InChI is InChI=1S/C24H31FNO5P/c1-16(2)23-20(6-5-13-31-32(30)15-19(27)14-22(28)29)24(17-8-10-18(25)11-9-17)26-12-4-3-7-21(23)26/h8-11,16,19,27H,3-7,12-15H2,1-2H3/p+1. The normalized spacial score (nSPS) is 15.0. The largest absolute Gasteiger partial charge is 0.510 e. The maximum atomic E-state index is 13.6. The second-order valence-corrected chi connectivity index (χ2v) is 9.95. The summed E-state index contributed by atoms with van der Waals surface area (Å²) in [7, 11) is -2.11. The number of hydrogen-bond donors (Lipinski definition) is 2. The van der Waals surface area contributed by atoms with E-state index in [1.54, 1.807) is 0 Å². The van der Waals surface area contributed by atoms with E-state index in [1.807, 2.05) is 12.1 Å². The molecule has 0 amide bonds. The number of hydrogen-bond acceptors (Lipinski definition) is 4. The van der Waals surface area contributed by atoms with Crippen molar-refractivity contribution in [3.63, 3.8) is 0 Å². The van der Waals surface area contributed by atoms with Crippen LogP contribution in [0.1, 0.15) is 62.3 Å². The Bertz CT molecular complexity index is 954. The molecule has 1 aliphatic rings. The minimum Gasteiger partial charge on any atom is -0.481 e. The van der Waals surface area contributed by atoms with Crippen LogP contribution in [0.3, 0.4) is 0 Å². The molecular weight excluding hydrogens is 432 g/mol. The van der Waals surface area contributed by atoms with E-state index in [0.29, 0.717) is 12.3 Å². The molecule has 1 aliphatic heterocycles. The first-order valence-electron chi connectivity index (χ1n) is 11.3. The lowest BCUT2D eigenvalue weighted by Gasteiger charge is -2.20. The number of halogens is 1. The summed E-state index contributed by atoms with van der Waals surface area (Å²) in [4.78, 5) is 10.6. The lowest BCUT2D eigenvalue weighted by atomic mass is 9.92. The second kappa shape index (κ2) is 11.2. The Labute approximate surface area is 189 Å². The number of aliphatic hydroxyl groups is 1. The van der Waals surface area contributed by atoms with Crippen LogP contribution < -0.4 is 0 Å². The zero-order chi connectivity index (χ0) is 23.3. The van der Waals surface area contributed by atoms with Crippen LogP contribution in [0.4, 0.5) is 4.39 Å². The fourth-order valence-corrected chi connectivity index (χ4v) is 5.51. The Morgan fingerprint density at radius 1 is 1.25 bits per heavy atom. The third kappa shape index (κ3) is 6.03. The van der Waals surface area contributed by atoms with Crippen molar-refractivity contribution in [1.82, 2.24) is 4.57 Å². The lowest BCUT2D eigenvalue weighted by Crippen LogP contribution is -2.15. The highest BCUT2D eigenvalue weighted by Gasteiger charge is 2.28. The van der Waals surface area contributed by atoms with Crippen molar-refractivity contribution in [2.45, 2.75) is 70.9 Å². The highest BCUT2D eigenvalue weighted by Crippen LogP contribution is 2.39. The molecule has 2 heterocycles. The monoisotopic (exact) mass is 464 g/mol. The molecule has 0 aliphatic carbocycles. The molecule has 174 valence electrons. The van der Waals surface area contributed by atoms with Crippen LogP contribution in [0.25, 0.3) is 11.3 Å². The predicted molar refractivity (Wildman–Crippen MR) is 122 cm³/mol. The molecule has 3 rings (SSSR count). The van der Waals surface area contributed by atoms with Gasteiger partial charge in [-0.15, -0.1) is 4.52 Å². The van der Waals surface area contributed by atoms with Gasteiger partial charge in [0, 0.05) is 12.2 Å². The molecule has 0 saturated carbocycles. The van der Waals surface area contributed by atoms with Crippen molar-refractivity contribution in [3.05, 3.63) is 46.9 Å². The zero-order valence-electron chi connectivity index (χ0n) is 18.7. The van der Waals surface area contributed by atoms with Gasteiger partial charge in [-0.1, -0.05) is 13.8 Å². The third-order valence-electron chi connectivity index (χ3n) is 5.83. The summed E-state index contributed by atoms with van der Waals surface area (Å²) >= 11 is 0. The molecule has 0 fully saturated rings. The Hall–Kier alpha value is -2.08. The minimum atomic E-state index is -2.11. The van der Waals surface area contributed by atoms with Gasteiger partial charge in [-0.2, -0.15) is 0 Å². The lowest BCUT2D eigenvalue weighted by molar-refractivity contribution is -0.138. The van der Waals surface area contributed by atoms with Crippen LogP contribution in [-0.2, 0) is 33.3 Å².